The number of carbonyl (C=O) groups is 2. The van der Waals surface area contributed by atoms with E-state index in [0.29, 0.717) is 6.54 Å². The fourth-order valence-corrected chi connectivity index (χ4v) is 0.951. The Balaban J connectivity index is 2.41. The molecule has 1 aliphatic rings. The van der Waals surface area contributed by atoms with Crippen molar-refractivity contribution in [2.75, 3.05) is 13.6 Å². The molecule has 1 fully saturated rings. The third kappa shape index (κ3) is 1.83. The SMILES string of the molecule is CN1CC(CC(=O)O)OC1=O. The zero-order chi connectivity index (χ0) is 8.43. The van der Waals surface area contributed by atoms with Crippen molar-refractivity contribution in [1.82, 2.24) is 4.90 Å². The molecule has 11 heavy (non-hydrogen) atoms. The quantitative estimate of drug-likeness (QED) is 0.611. The van der Waals surface area contributed by atoms with Crippen LogP contribution in [0.1, 0.15) is 6.42 Å². The minimum Gasteiger partial charge on any atom is -0.481 e. The number of carboxylic acid groups (broad SMARTS) is 1. The zero-order valence-electron chi connectivity index (χ0n) is 6.11. The summed E-state index contributed by atoms with van der Waals surface area (Å²) in [4.78, 5) is 22.2. The van der Waals surface area contributed by atoms with Gasteiger partial charge in [0.2, 0.25) is 0 Å². The van der Waals surface area contributed by atoms with Gasteiger partial charge in [-0.05, 0) is 0 Å². The molecule has 1 rings (SSSR count). The van der Waals surface area contributed by atoms with Crippen LogP contribution in [0, 0.1) is 0 Å². The third-order valence-electron chi connectivity index (χ3n) is 1.46. The van der Waals surface area contributed by atoms with Gasteiger partial charge in [0.25, 0.3) is 0 Å². The van der Waals surface area contributed by atoms with Crippen molar-refractivity contribution >= 4 is 12.1 Å². The second-order valence-electron chi connectivity index (χ2n) is 2.48. The van der Waals surface area contributed by atoms with Gasteiger partial charge in [-0.25, -0.2) is 4.79 Å². The van der Waals surface area contributed by atoms with E-state index >= 15 is 0 Å². The lowest BCUT2D eigenvalue weighted by molar-refractivity contribution is -0.138. The monoisotopic (exact) mass is 159 g/mol. The summed E-state index contributed by atoms with van der Waals surface area (Å²) in [5.74, 6) is -0.946. The van der Waals surface area contributed by atoms with Crippen LogP contribution >= 0.6 is 0 Å². The number of cyclic esters (lactones) is 1. The molecule has 1 heterocycles. The molecule has 62 valence electrons. The number of hydrogen-bond acceptors (Lipinski definition) is 3. The van der Waals surface area contributed by atoms with Crippen LogP contribution in [0.25, 0.3) is 0 Å². The number of carboxylic acids is 1. The van der Waals surface area contributed by atoms with Crippen LogP contribution in [0.15, 0.2) is 0 Å². The largest absolute Gasteiger partial charge is 0.481 e. The van der Waals surface area contributed by atoms with Gasteiger partial charge in [0, 0.05) is 7.05 Å². The molecule has 5 nitrogen and oxygen atoms in total. The standard InChI is InChI=1S/C6H9NO4/c1-7-3-4(2-5(8)9)11-6(7)10/h4H,2-3H2,1H3,(H,8,9). The van der Waals surface area contributed by atoms with E-state index in [0.717, 1.165) is 0 Å². The predicted octanol–water partition coefficient (Wildman–Crippen LogP) is -0.0883. The lowest BCUT2D eigenvalue weighted by Gasteiger charge is -2.02. The molecule has 0 aromatic rings. The highest BCUT2D eigenvalue weighted by molar-refractivity contribution is 5.72. The van der Waals surface area contributed by atoms with Crippen LogP contribution in [0.5, 0.6) is 0 Å². The summed E-state index contributed by atoms with van der Waals surface area (Å²) in [6, 6.07) is 0. The first kappa shape index (κ1) is 7.84. The number of hydrogen-bond donors (Lipinski definition) is 1. The van der Waals surface area contributed by atoms with Gasteiger partial charge in [-0.15, -0.1) is 0 Å². The van der Waals surface area contributed by atoms with Crippen LogP contribution in [-0.2, 0) is 9.53 Å². The summed E-state index contributed by atoms with van der Waals surface area (Å²) >= 11 is 0. The van der Waals surface area contributed by atoms with Crippen LogP contribution in [0.2, 0.25) is 0 Å². The summed E-state index contributed by atoms with van der Waals surface area (Å²) < 4.78 is 4.69. The maximum atomic E-state index is 10.7. The Bertz CT molecular complexity index is 189. The summed E-state index contributed by atoms with van der Waals surface area (Å²) in [7, 11) is 1.57. The number of carbonyl (C=O) groups excluding carboxylic acids is 1. The summed E-state index contributed by atoms with van der Waals surface area (Å²) in [5.41, 5.74) is 0. The highest BCUT2D eigenvalue weighted by Crippen LogP contribution is 2.11. The first-order valence-electron chi connectivity index (χ1n) is 3.23. The average molecular weight is 159 g/mol. The van der Waals surface area contributed by atoms with Crippen LogP contribution in [-0.4, -0.2) is 41.8 Å². The Hall–Kier alpha value is -1.26. The lowest BCUT2D eigenvalue weighted by Crippen LogP contribution is -2.20. The molecule has 0 aliphatic carbocycles. The first-order valence-corrected chi connectivity index (χ1v) is 3.23. The van der Waals surface area contributed by atoms with Crippen LogP contribution < -0.4 is 0 Å². The van der Waals surface area contributed by atoms with Crippen LogP contribution in [0.4, 0.5) is 4.79 Å². The van der Waals surface area contributed by atoms with E-state index in [1.807, 2.05) is 0 Å². The molecule has 1 amide bonds. The van der Waals surface area contributed by atoms with Gasteiger partial charge >= 0.3 is 12.1 Å². The van der Waals surface area contributed by atoms with E-state index < -0.39 is 18.2 Å². The van der Waals surface area contributed by atoms with E-state index in [1.54, 1.807) is 7.05 Å². The van der Waals surface area contributed by atoms with Gasteiger partial charge in [-0.2, -0.15) is 0 Å². The number of amides is 1. The highest BCUT2D eigenvalue weighted by atomic mass is 16.6. The molecule has 1 N–H and O–H groups in total. The fourth-order valence-electron chi connectivity index (χ4n) is 0.951. The number of rotatable bonds is 2. The Kier molecular flexibility index (Phi) is 1.98. The summed E-state index contributed by atoms with van der Waals surface area (Å²) in [6.45, 7) is 0.366. The fraction of sp³-hybridized carbons (Fsp3) is 0.667. The molecule has 0 spiro atoms. The maximum Gasteiger partial charge on any atom is 0.409 e. The topological polar surface area (TPSA) is 66.8 Å². The molecule has 1 unspecified atom stereocenters. The Morgan fingerprint density at radius 1 is 1.91 bits per heavy atom. The van der Waals surface area contributed by atoms with E-state index in [1.165, 1.54) is 4.90 Å². The van der Waals surface area contributed by atoms with Gasteiger partial charge in [-0.1, -0.05) is 0 Å². The molecular formula is C6H9NO4. The molecule has 5 heteroatoms. The Morgan fingerprint density at radius 3 is 2.91 bits per heavy atom. The molecule has 0 aromatic heterocycles. The summed E-state index contributed by atoms with van der Waals surface area (Å²) in [6.07, 6.45) is -1.04. The minimum atomic E-state index is -0.946. The van der Waals surface area contributed by atoms with E-state index in [2.05, 4.69) is 0 Å². The predicted molar refractivity (Wildman–Crippen MR) is 35.2 cm³/mol. The number of ether oxygens (including phenoxy) is 1. The Morgan fingerprint density at radius 2 is 2.55 bits per heavy atom. The second kappa shape index (κ2) is 2.77. The van der Waals surface area contributed by atoms with Crippen molar-refractivity contribution in [3.63, 3.8) is 0 Å². The molecule has 0 saturated carbocycles. The average Bonchev–Trinajstić information content (AvgIpc) is 2.10. The minimum absolute atomic E-state index is 0.115. The van der Waals surface area contributed by atoms with E-state index in [4.69, 9.17) is 9.84 Å². The zero-order valence-corrected chi connectivity index (χ0v) is 6.11. The molecule has 1 saturated heterocycles. The van der Waals surface area contributed by atoms with Crippen molar-refractivity contribution in [2.24, 2.45) is 0 Å². The van der Waals surface area contributed by atoms with Crippen molar-refractivity contribution in [3.8, 4) is 0 Å². The molecule has 0 radical (unpaired) electrons. The Labute approximate surface area is 63.5 Å². The molecule has 1 atom stereocenters. The van der Waals surface area contributed by atoms with Gasteiger partial charge in [-0.3, -0.25) is 4.79 Å². The first-order chi connectivity index (χ1) is 5.09. The van der Waals surface area contributed by atoms with Gasteiger partial charge < -0.3 is 14.7 Å². The van der Waals surface area contributed by atoms with Gasteiger partial charge in [0.15, 0.2) is 0 Å². The number of nitrogens with zero attached hydrogens (tertiary/aromatic N) is 1. The smallest absolute Gasteiger partial charge is 0.409 e. The maximum absolute atomic E-state index is 10.7. The van der Waals surface area contributed by atoms with Crippen molar-refractivity contribution in [1.29, 1.82) is 0 Å². The van der Waals surface area contributed by atoms with Gasteiger partial charge in [0.1, 0.15) is 6.10 Å². The number of aliphatic carboxylic acids is 1. The van der Waals surface area contributed by atoms with Crippen molar-refractivity contribution in [2.45, 2.75) is 12.5 Å². The summed E-state index contributed by atoms with van der Waals surface area (Å²) in [5, 5.41) is 8.34. The molecular weight excluding hydrogens is 150 g/mol. The lowest BCUT2D eigenvalue weighted by atomic mass is 10.2. The molecule has 0 bridgehead atoms. The number of likely N-dealkylation sites (N-methyl/N-ethyl adjacent to an activating group) is 1. The van der Waals surface area contributed by atoms with E-state index in [9.17, 15) is 9.59 Å². The van der Waals surface area contributed by atoms with Crippen LogP contribution in [0.3, 0.4) is 0 Å². The van der Waals surface area contributed by atoms with Gasteiger partial charge in [0.05, 0.1) is 13.0 Å². The van der Waals surface area contributed by atoms with Crippen molar-refractivity contribution in [3.05, 3.63) is 0 Å². The van der Waals surface area contributed by atoms with Crippen molar-refractivity contribution < 1.29 is 19.4 Å². The second-order valence-corrected chi connectivity index (χ2v) is 2.48. The third-order valence-corrected chi connectivity index (χ3v) is 1.46. The van der Waals surface area contributed by atoms with E-state index in [-0.39, 0.29) is 6.42 Å². The molecule has 0 aromatic carbocycles. The normalized spacial score (nSPS) is 23.5. The highest BCUT2D eigenvalue weighted by Gasteiger charge is 2.29. The molecule has 1 aliphatic heterocycles.